The van der Waals surface area contributed by atoms with Crippen molar-refractivity contribution < 1.29 is 4.74 Å². The van der Waals surface area contributed by atoms with Gasteiger partial charge in [-0.15, -0.1) is 0 Å². The predicted octanol–water partition coefficient (Wildman–Crippen LogP) is 2.82. The van der Waals surface area contributed by atoms with E-state index in [4.69, 9.17) is 4.74 Å². The van der Waals surface area contributed by atoms with Crippen molar-refractivity contribution in [2.75, 3.05) is 12.4 Å². The van der Waals surface area contributed by atoms with Crippen LogP contribution in [0.15, 0.2) is 0 Å². The van der Waals surface area contributed by atoms with Crippen molar-refractivity contribution in [1.29, 1.82) is 0 Å². The Kier molecular flexibility index (Phi) is 3.68. The molecular formula is C12H21N3OS. The average Bonchev–Trinajstić information content (AvgIpc) is 2.86. The van der Waals surface area contributed by atoms with E-state index in [1.165, 1.54) is 11.5 Å². The second-order valence-corrected chi connectivity index (χ2v) is 6.44. The number of anilines is 1. The molecule has 0 amide bonds. The number of nitrogens with one attached hydrogen (secondary N) is 1. The SMILES string of the molecule is COC1CCC(Nc2nc(C(C)(C)C)ns2)C1. The van der Waals surface area contributed by atoms with E-state index in [2.05, 4.69) is 35.4 Å². The first-order valence-electron chi connectivity index (χ1n) is 6.12. The van der Waals surface area contributed by atoms with E-state index in [1.54, 1.807) is 7.11 Å². The van der Waals surface area contributed by atoms with Crippen molar-refractivity contribution in [3.8, 4) is 0 Å². The lowest BCUT2D eigenvalue weighted by Gasteiger charge is -2.13. The molecule has 0 aromatic carbocycles. The second-order valence-electron chi connectivity index (χ2n) is 5.69. The molecule has 0 saturated heterocycles. The maximum Gasteiger partial charge on any atom is 0.202 e. The van der Waals surface area contributed by atoms with Crippen molar-refractivity contribution in [2.45, 2.75) is 57.6 Å². The molecule has 96 valence electrons. The van der Waals surface area contributed by atoms with Crippen molar-refractivity contribution in [3.63, 3.8) is 0 Å². The third-order valence-corrected chi connectivity index (χ3v) is 3.79. The van der Waals surface area contributed by atoms with Crippen molar-refractivity contribution in [2.24, 2.45) is 0 Å². The maximum absolute atomic E-state index is 5.37. The monoisotopic (exact) mass is 255 g/mol. The minimum Gasteiger partial charge on any atom is -0.381 e. The molecule has 5 heteroatoms. The van der Waals surface area contributed by atoms with E-state index in [9.17, 15) is 0 Å². The highest BCUT2D eigenvalue weighted by Gasteiger charge is 2.26. The predicted molar refractivity (Wildman–Crippen MR) is 70.7 cm³/mol. The highest BCUT2D eigenvalue weighted by molar-refractivity contribution is 7.09. The molecule has 0 bridgehead atoms. The Morgan fingerprint density at radius 3 is 2.65 bits per heavy atom. The van der Waals surface area contributed by atoms with Crippen LogP contribution in [0, 0.1) is 0 Å². The third kappa shape index (κ3) is 3.16. The molecule has 0 radical (unpaired) electrons. The first-order chi connectivity index (χ1) is 7.99. The number of aromatic nitrogens is 2. The molecule has 1 aliphatic rings. The van der Waals surface area contributed by atoms with Gasteiger partial charge in [0.1, 0.15) is 5.82 Å². The Balaban J connectivity index is 1.94. The molecule has 1 aromatic heterocycles. The number of rotatable bonds is 3. The van der Waals surface area contributed by atoms with Crippen LogP contribution in [0.4, 0.5) is 5.13 Å². The molecule has 1 saturated carbocycles. The molecule has 1 aromatic rings. The van der Waals surface area contributed by atoms with E-state index in [0.717, 1.165) is 30.2 Å². The maximum atomic E-state index is 5.37. The summed E-state index contributed by atoms with van der Waals surface area (Å²) in [7, 11) is 1.79. The standard InChI is InChI=1S/C12H21N3OS/c1-12(2,3)10-14-11(17-15-10)13-8-5-6-9(7-8)16-4/h8-9H,5-7H2,1-4H3,(H,13,14,15). The van der Waals surface area contributed by atoms with Gasteiger partial charge in [0, 0.05) is 30.1 Å². The number of hydrogen-bond donors (Lipinski definition) is 1. The lowest BCUT2D eigenvalue weighted by atomic mass is 9.96. The minimum atomic E-state index is 0.0289. The first-order valence-corrected chi connectivity index (χ1v) is 6.90. The minimum absolute atomic E-state index is 0.0289. The molecule has 4 nitrogen and oxygen atoms in total. The first kappa shape index (κ1) is 12.8. The molecule has 1 N–H and O–H groups in total. The fourth-order valence-corrected chi connectivity index (χ4v) is 2.88. The highest BCUT2D eigenvalue weighted by atomic mass is 32.1. The summed E-state index contributed by atoms with van der Waals surface area (Å²) in [5.74, 6) is 0.922. The van der Waals surface area contributed by atoms with Gasteiger partial charge in [0.2, 0.25) is 5.13 Å². The number of methoxy groups -OCH3 is 1. The summed E-state index contributed by atoms with van der Waals surface area (Å²) in [5, 5.41) is 4.40. The highest BCUT2D eigenvalue weighted by Crippen LogP contribution is 2.27. The summed E-state index contributed by atoms with van der Waals surface area (Å²) in [4.78, 5) is 4.55. The van der Waals surface area contributed by atoms with Gasteiger partial charge >= 0.3 is 0 Å². The van der Waals surface area contributed by atoms with Crippen LogP contribution in [0.3, 0.4) is 0 Å². The van der Waals surface area contributed by atoms with Crippen LogP contribution in [0.25, 0.3) is 0 Å². The van der Waals surface area contributed by atoms with Gasteiger partial charge in [-0.25, -0.2) is 4.98 Å². The fraction of sp³-hybridized carbons (Fsp3) is 0.833. The molecule has 2 rings (SSSR count). The molecule has 1 heterocycles. The van der Waals surface area contributed by atoms with Gasteiger partial charge in [0.25, 0.3) is 0 Å². The Bertz CT molecular complexity index is 372. The Hall–Kier alpha value is -0.680. The van der Waals surface area contributed by atoms with Gasteiger partial charge in [-0.3, -0.25) is 0 Å². The smallest absolute Gasteiger partial charge is 0.202 e. The molecule has 2 unspecified atom stereocenters. The van der Waals surface area contributed by atoms with E-state index in [0.29, 0.717) is 12.1 Å². The van der Waals surface area contributed by atoms with E-state index in [1.807, 2.05) is 0 Å². The van der Waals surface area contributed by atoms with Gasteiger partial charge < -0.3 is 10.1 Å². The van der Waals surface area contributed by atoms with Crippen molar-refractivity contribution in [1.82, 2.24) is 9.36 Å². The summed E-state index contributed by atoms with van der Waals surface area (Å²) < 4.78 is 9.77. The lowest BCUT2D eigenvalue weighted by molar-refractivity contribution is 0.108. The largest absolute Gasteiger partial charge is 0.381 e. The van der Waals surface area contributed by atoms with Crippen molar-refractivity contribution >= 4 is 16.7 Å². The quantitative estimate of drug-likeness (QED) is 0.902. The summed E-state index contributed by atoms with van der Waals surface area (Å²) in [6.45, 7) is 6.40. The topological polar surface area (TPSA) is 47.0 Å². The second kappa shape index (κ2) is 4.90. The third-order valence-electron chi connectivity index (χ3n) is 3.14. The molecule has 2 atom stereocenters. The number of hydrogen-bond acceptors (Lipinski definition) is 5. The average molecular weight is 255 g/mol. The lowest BCUT2D eigenvalue weighted by Crippen LogP contribution is -2.18. The van der Waals surface area contributed by atoms with Gasteiger partial charge in [-0.1, -0.05) is 20.8 Å². The van der Waals surface area contributed by atoms with Crippen LogP contribution in [-0.2, 0) is 10.2 Å². The number of ether oxygens (including phenoxy) is 1. The van der Waals surface area contributed by atoms with Crippen LogP contribution >= 0.6 is 11.5 Å². The molecule has 0 aliphatic heterocycles. The zero-order valence-electron chi connectivity index (χ0n) is 11.0. The Morgan fingerprint density at radius 1 is 1.35 bits per heavy atom. The van der Waals surface area contributed by atoms with Gasteiger partial charge in [-0.05, 0) is 19.3 Å². The summed E-state index contributed by atoms with van der Waals surface area (Å²) in [5.41, 5.74) is 0.0289. The molecule has 1 fully saturated rings. The molecule has 17 heavy (non-hydrogen) atoms. The van der Waals surface area contributed by atoms with Crippen LogP contribution < -0.4 is 5.32 Å². The molecule has 1 aliphatic carbocycles. The summed E-state index contributed by atoms with van der Waals surface area (Å²) in [6, 6.07) is 0.487. The van der Waals surface area contributed by atoms with Gasteiger partial charge in [-0.2, -0.15) is 4.37 Å². The van der Waals surface area contributed by atoms with Crippen LogP contribution in [-0.4, -0.2) is 28.6 Å². The van der Waals surface area contributed by atoms with Crippen LogP contribution in [0.2, 0.25) is 0 Å². The summed E-state index contributed by atoms with van der Waals surface area (Å²) >= 11 is 1.46. The van der Waals surface area contributed by atoms with Crippen LogP contribution in [0.5, 0.6) is 0 Å². The van der Waals surface area contributed by atoms with E-state index < -0.39 is 0 Å². The van der Waals surface area contributed by atoms with Gasteiger partial charge in [0.15, 0.2) is 0 Å². The zero-order chi connectivity index (χ0) is 12.5. The van der Waals surface area contributed by atoms with Crippen molar-refractivity contribution in [3.05, 3.63) is 5.82 Å². The number of nitrogens with zero attached hydrogens (tertiary/aromatic N) is 2. The Labute approximate surface area is 107 Å². The Morgan fingerprint density at radius 2 is 2.12 bits per heavy atom. The fourth-order valence-electron chi connectivity index (χ4n) is 2.05. The normalized spacial score (nSPS) is 25.2. The zero-order valence-corrected chi connectivity index (χ0v) is 11.8. The van der Waals surface area contributed by atoms with Gasteiger partial charge in [0.05, 0.1) is 6.10 Å². The van der Waals surface area contributed by atoms with E-state index in [-0.39, 0.29) is 5.41 Å². The summed E-state index contributed by atoms with van der Waals surface area (Å²) in [6.07, 6.45) is 3.77. The van der Waals surface area contributed by atoms with E-state index >= 15 is 0 Å². The molecule has 0 spiro atoms. The van der Waals surface area contributed by atoms with Crippen LogP contribution in [0.1, 0.15) is 45.9 Å². The molecular weight excluding hydrogens is 234 g/mol.